The molecule has 2 aromatic carbocycles. The van der Waals surface area contributed by atoms with Crippen LogP contribution in [0.2, 0.25) is 0 Å². The molecular weight excluding hydrogens is 458 g/mol. The Bertz CT molecular complexity index is 1300. The van der Waals surface area contributed by atoms with Crippen LogP contribution in [-0.2, 0) is 29.8 Å². The van der Waals surface area contributed by atoms with E-state index in [0.29, 0.717) is 49.9 Å². The van der Waals surface area contributed by atoms with Crippen LogP contribution in [0.5, 0.6) is 17.4 Å². The maximum atomic E-state index is 12.5. The van der Waals surface area contributed by atoms with E-state index in [0.717, 1.165) is 53.8 Å². The quantitative estimate of drug-likeness (QED) is 0.532. The van der Waals surface area contributed by atoms with Gasteiger partial charge in [0.2, 0.25) is 11.8 Å². The van der Waals surface area contributed by atoms with Crippen molar-refractivity contribution in [2.45, 2.75) is 50.7 Å². The molecule has 0 amide bonds. The fraction of sp³-hybridized carbons (Fsp3) is 0.393. The van der Waals surface area contributed by atoms with E-state index in [-0.39, 0.29) is 11.7 Å². The molecule has 0 bridgehead atoms. The van der Waals surface area contributed by atoms with Crippen molar-refractivity contribution in [1.82, 2.24) is 9.97 Å². The van der Waals surface area contributed by atoms with E-state index >= 15 is 0 Å². The summed E-state index contributed by atoms with van der Waals surface area (Å²) in [6.45, 7) is 1.74. The van der Waals surface area contributed by atoms with E-state index in [1.807, 2.05) is 30.3 Å². The van der Waals surface area contributed by atoms with Crippen molar-refractivity contribution in [1.29, 1.82) is 0 Å². The molecule has 3 aromatic rings. The summed E-state index contributed by atoms with van der Waals surface area (Å²) in [7, 11) is 1.66. The zero-order valence-corrected chi connectivity index (χ0v) is 20.3. The summed E-state index contributed by atoms with van der Waals surface area (Å²) in [5.74, 6) is 1.86. The molecule has 8 heteroatoms. The number of aromatic hydroxyl groups is 1. The van der Waals surface area contributed by atoms with Crippen molar-refractivity contribution in [3.05, 3.63) is 70.4 Å². The number of rotatable bonds is 5. The van der Waals surface area contributed by atoms with Gasteiger partial charge in [0.1, 0.15) is 23.7 Å². The standard InChI is InChI=1S/C28H29N3O5/c1-34-20-9-6-18(7-10-20)17-35-25-21-4-2-3-5-24(21)29-27(30-25)31-14-12-28(13-15-31)23-11-8-19(32)16-22(23)26(33)36-28/h6-11,16,32H,2-5,12-15,17H2,1H3. The van der Waals surface area contributed by atoms with Gasteiger partial charge < -0.3 is 24.2 Å². The molecule has 1 fully saturated rings. The monoisotopic (exact) mass is 487 g/mol. The summed E-state index contributed by atoms with van der Waals surface area (Å²) in [5, 5.41) is 9.80. The molecular formula is C28H29N3O5. The summed E-state index contributed by atoms with van der Waals surface area (Å²) < 4.78 is 17.4. The maximum absolute atomic E-state index is 12.5. The normalized spacial score (nSPS) is 17.9. The molecule has 1 saturated heterocycles. The largest absolute Gasteiger partial charge is 0.508 e. The van der Waals surface area contributed by atoms with E-state index in [1.54, 1.807) is 13.2 Å². The highest BCUT2D eigenvalue weighted by Crippen LogP contribution is 2.45. The molecule has 2 aliphatic heterocycles. The number of aromatic nitrogens is 2. The third-order valence-corrected chi connectivity index (χ3v) is 7.52. The number of nitrogens with zero attached hydrogens (tertiary/aromatic N) is 3. The minimum atomic E-state index is -0.654. The zero-order chi connectivity index (χ0) is 24.7. The number of phenols is 1. The Hall–Kier alpha value is -3.81. The number of anilines is 1. The number of fused-ring (bicyclic) bond motifs is 3. The first-order valence-corrected chi connectivity index (χ1v) is 12.5. The van der Waals surface area contributed by atoms with Gasteiger partial charge in [-0.1, -0.05) is 18.2 Å². The zero-order valence-electron chi connectivity index (χ0n) is 20.3. The lowest BCUT2D eigenvalue weighted by Crippen LogP contribution is -2.43. The summed E-state index contributed by atoms with van der Waals surface area (Å²) in [6.07, 6.45) is 5.36. The Morgan fingerprint density at radius 3 is 2.61 bits per heavy atom. The molecule has 0 radical (unpaired) electrons. The highest BCUT2D eigenvalue weighted by atomic mass is 16.6. The van der Waals surface area contributed by atoms with Crippen molar-refractivity contribution >= 4 is 11.9 Å². The topological polar surface area (TPSA) is 94.0 Å². The molecule has 1 aromatic heterocycles. The molecule has 3 heterocycles. The van der Waals surface area contributed by atoms with Crippen LogP contribution >= 0.6 is 0 Å². The van der Waals surface area contributed by atoms with E-state index in [9.17, 15) is 9.90 Å². The Morgan fingerprint density at radius 2 is 1.83 bits per heavy atom. The first-order chi connectivity index (χ1) is 17.5. The van der Waals surface area contributed by atoms with Gasteiger partial charge in [0.15, 0.2) is 0 Å². The number of hydrogen-bond acceptors (Lipinski definition) is 8. The van der Waals surface area contributed by atoms with Gasteiger partial charge in [-0.2, -0.15) is 4.98 Å². The lowest BCUT2D eigenvalue weighted by molar-refractivity contribution is -0.0211. The van der Waals surface area contributed by atoms with Gasteiger partial charge in [0.05, 0.1) is 18.4 Å². The maximum Gasteiger partial charge on any atom is 0.339 e. The van der Waals surface area contributed by atoms with Gasteiger partial charge in [-0.05, 0) is 55.5 Å². The Kier molecular flexibility index (Phi) is 5.66. The van der Waals surface area contributed by atoms with Crippen LogP contribution in [0.1, 0.15) is 58.4 Å². The lowest BCUT2D eigenvalue weighted by atomic mass is 9.84. The van der Waals surface area contributed by atoms with Crippen LogP contribution < -0.4 is 14.4 Å². The Morgan fingerprint density at radius 1 is 1.06 bits per heavy atom. The molecule has 0 unspecified atom stereocenters. The lowest BCUT2D eigenvalue weighted by Gasteiger charge is -2.38. The Balaban J connectivity index is 1.22. The van der Waals surface area contributed by atoms with Crippen LogP contribution in [0.15, 0.2) is 42.5 Å². The molecule has 186 valence electrons. The number of ether oxygens (including phenoxy) is 3. The predicted molar refractivity (Wildman–Crippen MR) is 133 cm³/mol. The van der Waals surface area contributed by atoms with Crippen LogP contribution in [0.3, 0.4) is 0 Å². The van der Waals surface area contributed by atoms with Gasteiger partial charge in [-0.25, -0.2) is 9.78 Å². The van der Waals surface area contributed by atoms with E-state index in [1.165, 1.54) is 6.07 Å². The number of benzene rings is 2. The average Bonchev–Trinajstić information content (AvgIpc) is 3.17. The minimum absolute atomic E-state index is 0.0739. The van der Waals surface area contributed by atoms with Crippen molar-refractivity contribution < 1.29 is 24.1 Å². The van der Waals surface area contributed by atoms with Crippen molar-refractivity contribution in [3.8, 4) is 17.4 Å². The number of hydrogen-bond donors (Lipinski definition) is 1. The molecule has 0 saturated carbocycles. The van der Waals surface area contributed by atoms with Crippen LogP contribution in [0, 0.1) is 0 Å². The molecule has 1 N–H and O–H groups in total. The van der Waals surface area contributed by atoms with Crippen LogP contribution in [-0.4, -0.2) is 41.2 Å². The third kappa shape index (κ3) is 4.00. The molecule has 36 heavy (non-hydrogen) atoms. The van der Waals surface area contributed by atoms with E-state index in [4.69, 9.17) is 24.2 Å². The second-order valence-electron chi connectivity index (χ2n) is 9.70. The number of methoxy groups -OCH3 is 1. The summed E-state index contributed by atoms with van der Waals surface area (Å²) in [5.41, 5.74) is 3.91. The molecule has 1 spiro atoms. The summed E-state index contributed by atoms with van der Waals surface area (Å²) in [4.78, 5) is 24.4. The summed E-state index contributed by atoms with van der Waals surface area (Å²) >= 11 is 0. The molecule has 8 nitrogen and oxygen atoms in total. The van der Waals surface area contributed by atoms with Gasteiger partial charge in [0, 0.05) is 37.1 Å². The number of carbonyl (C=O) groups excluding carboxylic acids is 1. The number of aryl methyl sites for hydroxylation is 1. The number of carbonyl (C=O) groups is 1. The Labute approximate surface area is 209 Å². The number of piperidine rings is 1. The summed E-state index contributed by atoms with van der Waals surface area (Å²) in [6, 6.07) is 12.8. The fourth-order valence-electron chi connectivity index (χ4n) is 5.51. The number of phenolic OH excluding ortho intramolecular Hbond substituents is 1. The highest BCUT2D eigenvalue weighted by Gasteiger charge is 2.47. The SMILES string of the molecule is COc1ccc(COc2nc(N3CCC4(CC3)OC(=O)c3cc(O)ccc34)nc3c2CCCC3)cc1. The molecule has 0 atom stereocenters. The minimum Gasteiger partial charge on any atom is -0.508 e. The third-order valence-electron chi connectivity index (χ3n) is 7.52. The fourth-order valence-corrected chi connectivity index (χ4v) is 5.51. The van der Waals surface area contributed by atoms with E-state index < -0.39 is 5.60 Å². The van der Waals surface area contributed by atoms with Gasteiger partial charge in [0.25, 0.3) is 0 Å². The predicted octanol–water partition coefficient (Wildman–Crippen LogP) is 4.31. The highest BCUT2D eigenvalue weighted by molar-refractivity contribution is 5.95. The van der Waals surface area contributed by atoms with Crippen LogP contribution in [0.25, 0.3) is 0 Å². The average molecular weight is 488 g/mol. The molecule has 6 rings (SSSR count). The van der Waals surface area contributed by atoms with Crippen molar-refractivity contribution in [2.75, 3.05) is 25.1 Å². The smallest absolute Gasteiger partial charge is 0.339 e. The second kappa shape index (κ2) is 9.00. The van der Waals surface area contributed by atoms with Gasteiger partial charge in [-0.3, -0.25) is 0 Å². The van der Waals surface area contributed by atoms with Crippen molar-refractivity contribution in [3.63, 3.8) is 0 Å². The van der Waals surface area contributed by atoms with Crippen molar-refractivity contribution in [2.24, 2.45) is 0 Å². The van der Waals surface area contributed by atoms with Gasteiger partial charge >= 0.3 is 5.97 Å². The second-order valence-corrected chi connectivity index (χ2v) is 9.70. The van der Waals surface area contributed by atoms with Crippen LogP contribution in [0.4, 0.5) is 5.95 Å². The first-order valence-electron chi connectivity index (χ1n) is 12.5. The van der Waals surface area contributed by atoms with Gasteiger partial charge in [-0.15, -0.1) is 0 Å². The van der Waals surface area contributed by atoms with E-state index in [2.05, 4.69) is 4.90 Å². The molecule has 3 aliphatic rings. The first kappa shape index (κ1) is 22.6. The molecule has 1 aliphatic carbocycles. The number of esters is 1.